The summed E-state index contributed by atoms with van der Waals surface area (Å²) in [6.07, 6.45) is 8.02. The monoisotopic (exact) mass is 348 g/mol. The maximum atomic E-state index is 5.91. The molecule has 0 amide bonds. The highest BCUT2D eigenvalue weighted by molar-refractivity contribution is 5.39. The zero-order chi connectivity index (χ0) is 17.8. The largest absolute Gasteiger partial charge is 0.477 e. The van der Waals surface area contributed by atoms with Gasteiger partial charge in [0.25, 0.3) is 0 Å². The second-order valence-corrected chi connectivity index (χ2v) is 6.41. The molecule has 0 saturated heterocycles. The smallest absolute Gasteiger partial charge is 0.218 e. The van der Waals surface area contributed by atoms with Crippen LogP contribution in [0.5, 0.6) is 5.88 Å². The van der Waals surface area contributed by atoms with Gasteiger partial charge in [-0.3, -0.25) is 4.98 Å². The van der Waals surface area contributed by atoms with Crippen molar-refractivity contribution in [3.8, 4) is 5.88 Å². The van der Waals surface area contributed by atoms with Crippen molar-refractivity contribution >= 4 is 5.82 Å². The van der Waals surface area contributed by atoms with Crippen LogP contribution in [0.4, 0.5) is 5.82 Å². The standard InChI is InChI=1S/C19H20N6O/c1-13-24-18(23-10-14-8-20-12-21-9-14)7-19(25-13)26-11-15-6-16(15)17-4-2-3-5-22-17/h2-5,7-9,12,15-16H,6,10-11H2,1H3,(H,23,24,25). The molecule has 0 radical (unpaired) electrons. The van der Waals surface area contributed by atoms with E-state index in [9.17, 15) is 0 Å². The number of rotatable bonds is 7. The molecule has 0 bridgehead atoms. The summed E-state index contributed by atoms with van der Waals surface area (Å²) >= 11 is 0. The minimum atomic E-state index is 0.495. The molecular formula is C19H20N6O. The Balaban J connectivity index is 1.33. The molecule has 3 aromatic heterocycles. The van der Waals surface area contributed by atoms with Crippen molar-refractivity contribution in [1.29, 1.82) is 0 Å². The van der Waals surface area contributed by atoms with Crippen molar-refractivity contribution in [3.05, 3.63) is 66.3 Å². The van der Waals surface area contributed by atoms with Gasteiger partial charge in [0.2, 0.25) is 5.88 Å². The first kappa shape index (κ1) is 16.4. The van der Waals surface area contributed by atoms with Gasteiger partial charge in [0.15, 0.2) is 0 Å². The molecule has 0 aliphatic heterocycles. The lowest BCUT2D eigenvalue weighted by Gasteiger charge is -2.09. The Morgan fingerprint density at radius 1 is 1.19 bits per heavy atom. The molecule has 132 valence electrons. The zero-order valence-electron chi connectivity index (χ0n) is 14.5. The first-order valence-corrected chi connectivity index (χ1v) is 8.65. The fourth-order valence-corrected chi connectivity index (χ4v) is 2.90. The van der Waals surface area contributed by atoms with Crippen LogP contribution in [0.3, 0.4) is 0 Å². The van der Waals surface area contributed by atoms with E-state index in [0.717, 1.165) is 23.5 Å². The van der Waals surface area contributed by atoms with Crippen LogP contribution in [-0.2, 0) is 6.54 Å². The van der Waals surface area contributed by atoms with Crippen molar-refractivity contribution in [2.75, 3.05) is 11.9 Å². The van der Waals surface area contributed by atoms with E-state index in [1.165, 1.54) is 6.33 Å². The quantitative estimate of drug-likeness (QED) is 0.702. The third kappa shape index (κ3) is 4.11. The predicted octanol–water partition coefficient (Wildman–Crippen LogP) is 2.76. The summed E-state index contributed by atoms with van der Waals surface area (Å²) in [5.74, 6) is 2.99. The number of hydrogen-bond donors (Lipinski definition) is 1. The normalized spacial score (nSPS) is 18.3. The van der Waals surface area contributed by atoms with Crippen molar-refractivity contribution < 1.29 is 4.74 Å². The van der Waals surface area contributed by atoms with Gasteiger partial charge in [-0.2, -0.15) is 4.98 Å². The Labute approximate surface area is 151 Å². The number of pyridine rings is 1. The molecular weight excluding hydrogens is 328 g/mol. The van der Waals surface area contributed by atoms with E-state index in [0.29, 0.717) is 36.7 Å². The van der Waals surface area contributed by atoms with Crippen LogP contribution in [0, 0.1) is 12.8 Å². The molecule has 3 aromatic rings. The number of nitrogens with one attached hydrogen (secondary N) is 1. The molecule has 3 heterocycles. The van der Waals surface area contributed by atoms with E-state index in [1.54, 1.807) is 12.4 Å². The molecule has 1 saturated carbocycles. The van der Waals surface area contributed by atoms with Crippen LogP contribution in [-0.4, -0.2) is 31.5 Å². The summed E-state index contributed by atoms with van der Waals surface area (Å²) in [6.45, 7) is 3.10. The third-order valence-electron chi connectivity index (χ3n) is 4.34. The van der Waals surface area contributed by atoms with Crippen LogP contribution < -0.4 is 10.1 Å². The highest BCUT2D eigenvalue weighted by Crippen LogP contribution is 2.46. The lowest BCUT2D eigenvalue weighted by Crippen LogP contribution is -2.07. The second-order valence-electron chi connectivity index (χ2n) is 6.41. The Kier molecular flexibility index (Phi) is 4.68. The fraction of sp³-hybridized carbons (Fsp3) is 0.316. The van der Waals surface area contributed by atoms with E-state index < -0.39 is 0 Å². The van der Waals surface area contributed by atoms with Gasteiger partial charge in [-0.05, 0) is 25.5 Å². The number of nitrogens with zero attached hydrogens (tertiary/aromatic N) is 5. The molecule has 1 aliphatic carbocycles. The summed E-state index contributed by atoms with van der Waals surface area (Å²) in [4.78, 5) is 21.2. The molecule has 4 rings (SSSR count). The van der Waals surface area contributed by atoms with E-state index in [2.05, 4.69) is 36.3 Å². The van der Waals surface area contributed by atoms with Crippen molar-refractivity contribution in [2.24, 2.45) is 5.92 Å². The molecule has 1 aliphatic rings. The minimum absolute atomic E-state index is 0.495. The van der Waals surface area contributed by atoms with Gasteiger partial charge >= 0.3 is 0 Å². The summed E-state index contributed by atoms with van der Waals surface area (Å²) in [5, 5.41) is 3.26. The van der Waals surface area contributed by atoms with E-state index >= 15 is 0 Å². The molecule has 1 fully saturated rings. The third-order valence-corrected chi connectivity index (χ3v) is 4.34. The number of aryl methyl sites for hydroxylation is 1. The minimum Gasteiger partial charge on any atom is -0.477 e. The molecule has 26 heavy (non-hydrogen) atoms. The lowest BCUT2D eigenvalue weighted by atomic mass is 10.2. The number of hydrogen-bond acceptors (Lipinski definition) is 7. The van der Waals surface area contributed by atoms with Crippen LogP contribution in [0.15, 0.2) is 49.2 Å². The van der Waals surface area contributed by atoms with Gasteiger partial charge in [-0.25, -0.2) is 15.0 Å². The topological polar surface area (TPSA) is 85.7 Å². The second kappa shape index (κ2) is 7.43. The summed E-state index contributed by atoms with van der Waals surface area (Å²) in [6, 6.07) is 7.88. The Bertz CT molecular complexity index is 858. The van der Waals surface area contributed by atoms with Crippen molar-refractivity contribution in [3.63, 3.8) is 0 Å². The van der Waals surface area contributed by atoms with E-state index in [-0.39, 0.29) is 0 Å². The summed E-state index contributed by atoms with van der Waals surface area (Å²) < 4.78 is 5.91. The average Bonchev–Trinajstić information content (AvgIpc) is 3.46. The first-order valence-electron chi connectivity index (χ1n) is 8.65. The van der Waals surface area contributed by atoms with Gasteiger partial charge in [-0.1, -0.05) is 6.07 Å². The van der Waals surface area contributed by atoms with Crippen molar-refractivity contribution in [1.82, 2.24) is 24.9 Å². The maximum absolute atomic E-state index is 5.91. The SMILES string of the molecule is Cc1nc(NCc2cncnc2)cc(OCC2CC2c2ccccn2)n1. The Hall–Kier alpha value is -3.09. The number of anilines is 1. The number of aromatic nitrogens is 5. The molecule has 0 aromatic carbocycles. The number of ether oxygens (including phenoxy) is 1. The highest BCUT2D eigenvalue weighted by Gasteiger charge is 2.39. The summed E-state index contributed by atoms with van der Waals surface area (Å²) in [5.41, 5.74) is 2.13. The highest BCUT2D eigenvalue weighted by atomic mass is 16.5. The van der Waals surface area contributed by atoms with Crippen LogP contribution in [0.2, 0.25) is 0 Å². The average molecular weight is 348 g/mol. The summed E-state index contributed by atoms with van der Waals surface area (Å²) in [7, 11) is 0. The first-order chi connectivity index (χ1) is 12.8. The molecule has 2 atom stereocenters. The van der Waals surface area contributed by atoms with Gasteiger partial charge in [0.1, 0.15) is 18.0 Å². The maximum Gasteiger partial charge on any atom is 0.218 e. The van der Waals surface area contributed by atoms with E-state index in [4.69, 9.17) is 4.74 Å². The van der Waals surface area contributed by atoms with Gasteiger partial charge < -0.3 is 10.1 Å². The van der Waals surface area contributed by atoms with Gasteiger partial charge in [-0.15, -0.1) is 0 Å². The van der Waals surface area contributed by atoms with Gasteiger partial charge in [0.05, 0.1) is 6.61 Å². The Morgan fingerprint density at radius 3 is 2.88 bits per heavy atom. The van der Waals surface area contributed by atoms with Crippen molar-refractivity contribution in [2.45, 2.75) is 25.8 Å². The molecule has 7 nitrogen and oxygen atoms in total. The zero-order valence-corrected chi connectivity index (χ0v) is 14.5. The lowest BCUT2D eigenvalue weighted by molar-refractivity contribution is 0.284. The van der Waals surface area contributed by atoms with Crippen LogP contribution in [0.1, 0.15) is 29.4 Å². The molecule has 2 unspecified atom stereocenters. The fourth-order valence-electron chi connectivity index (χ4n) is 2.90. The van der Waals surface area contributed by atoms with Crippen LogP contribution in [0.25, 0.3) is 0 Å². The molecule has 0 spiro atoms. The van der Waals surface area contributed by atoms with E-state index in [1.807, 2.05) is 31.3 Å². The predicted molar refractivity (Wildman–Crippen MR) is 96.7 cm³/mol. The molecule has 7 heteroatoms. The van der Waals surface area contributed by atoms with Crippen LogP contribution >= 0.6 is 0 Å². The van der Waals surface area contributed by atoms with Gasteiger partial charge in [0, 0.05) is 54.3 Å². The Morgan fingerprint density at radius 2 is 2.08 bits per heavy atom. The molecule has 1 N–H and O–H groups in total.